The molecule has 1 saturated heterocycles. The third kappa shape index (κ3) is 4.04. The molecule has 0 bridgehead atoms. The van der Waals surface area contributed by atoms with Gasteiger partial charge < -0.3 is 9.42 Å². The molecule has 0 radical (unpaired) electrons. The molecular formula is C21H19ClN2O2S. The summed E-state index contributed by atoms with van der Waals surface area (Å²) in [6.07, 6.45) is 0.865. The lowest BCUT2D eigenvalue weighted by atomic mass is 10.1. The average Bonchev–Trinajstić information content (AvgIpc) is 3.07. The van der Waals surface area contributed by atoms with Gasteiger partial charge >= 0.3 is 0 Å². The van der Waals surface area contributed by atoms with Crippen LogP contribution in [0.4, 0.5) is 0 Å². The first-order chi connectivity index (χ1) is 13.2. The molecule has 0 N–H and O–H groups in total. The van der Waals surface area contributed by atoms with Gasteiger partial charge in [-0.05, 0) is 18.1 Å². The zero-order valence-corrected chi connectivity index (χ0v) is 16.2. The van der Waals surface area contributed by atoms with Crippen LogP contribution in [0, 0.1) is 0 Å². The largest absolute Gasteiger partial charge is 0.355 e. The Morgan fingerprint density at radius 3 is 2.70 bits per heavy atom. The van der Waals surface area contributed by atoms with E-state index >= 15 is 0 Å². The van der Waals surface area contributed by atoms with E-state index < -0.39 is 0 Å². The maximum atomic E-state index is 12.9. The minimum atomic E-state index is -0.0821. The molecule has 4 nitrogen and oxygen atoms in total. The fraction of sp³-hybridized carbons (Fsp3) is 0.238. The van der Waals surface area contributed by atoms with E-state index in [1.165, 1.54) is 0 Å². The number of aromatic nitrogens is 1. The highest BCUT2D eigenvalue weighted by molar-refractivity contribution is 7.99. The third-order valence-electron chi connectivity index (χ3n) is 4.67. The second-order valence-electron chi connectivity index (χ2n) is 6.40. The number of thioether (sulfide) groups is 1. The third-order valence-corrected chi connectivity index (χ3v) is 6.32. The molecular weight excluding hydrogens is 380 g/mol. The molecule has 1 aromatic heterocycles. The van der Waals surface area contributed by atoms with E-state index in [9.17, 15) is 4.79 Å². The number of rotatable bonds is 3. The number of amides is 1. The summed E-state index contributed by atoms with van der Waals surface area (Å²) in [5.41, 5.74) is 2.41. The molecule has 1 amide bonds. The standard InChI is InChI=1S/C21H19ClN2O2S/c22-17-9-5-4-8-16(17)20-10-11-24(12-13-27-20)21(25)18-14-19(26-23-18)15-6-2-1-3-7-15/h1-9,14,20H,10-13H2. The molecule has 27 heavy (non-hydrogen) atoms. The summed E-state index contributed by atoms with van der Waals surface area (Å²) < 4.78 is 5.38. The molecule has 138 valence electrons. The highest BCUT2D eigenvalue weighted by atomic mass is 35.5. The fourth-order valence-corrected chi connectivity index (χ4v) is 4.83. The number of benzene rings is 2. The Labute approximate surface area is 167 Å². The SMILES string of the molecule is O=C(c1cc(-c2ccccc2)on1)N1CCSC(c2ccccc2Cl)CC1. The van der Waals surface area contributed by atoms with Gasteiger partial charge in [-0.15, -0.1) is 0 Å². The lowest BCUT2D eigenvalue weighted by molar-refractivity contribution is 0.0756. The quantitative estimate of drug-likeness (QED) is 0.599. The Balaban J connectivity index is 1.46. The zero-order valence-electron chi connectivity index (χ0n) is 14.7. The van der Waals surface area contributed by atoms with Crippen LogP contribution in [0.15, 0.2) is 65.2 Å². The molecule has 1 atom stereocenters. The predicted molar refractivity (Wildman–Crippen MR) is 109 cm³/mol. The van der Waals surface area contributed by atoms with Gasteiger partial charge in [0.25, 0.3) is 5.91 Å². The Morgan fingerprint density at radius 1 is 1.11 bits per heavy atom. The molecule has 3 aromatic rings. The first-order valence-electron chi connectivity index (χ1n) is 8.90. The number of carbonyl (C=O) groups is 1. The highest BCUT2D eigenvalue weighted by Crippen LogP contribution is 2.38. The summed E-state index contributed by atoms with van der Waals surface area (Å²) >= 11 is 8.20. The predicted octanol–water partition coefficient (Wildman–Crippen LogP) is 5.32. The second-order valence-corrected chi connectivity index (χ2v) is 8.12. The number of hydrogen-bond acceptors (Lipinski definition) is 4. The van der Waals surface area contributed by atoms with E-state index in [0.717, 1.165) is 28.3 Å². The van der Waals surface area contributed by atoms with Crippen molar-refractivity contribution in [1.29, 1.82) is 0 Å². The van der Waals surface area contributed by atoms with Crippen LogP contribution >= 0.6 is 23.4 Å². The first kappa shape index (κ1) is 18.1. The van der Waals surface area contributed by atoms with Gasteiger partial charge in [-0.1, -0.05) is 65.3 Å². The lowest BCUT2D eigenvalue weighted by Crippen LogP contribution is -2.33. The van der Waals surface area contributed by atoms with Crippen LogP contribution in [0.2, 0.25) is 5.02 Å². The Hall–Kier alpha value is -2.24. The van der Waals surface area contributed by atoms with Gasteiger partial charge in [0.1, 0.15) is 0 Å². The monoisotopic (exact) mass is 398 g/mol. The van der Waals surface area contributed by atoms with Gasteiger partial charge in [-0.25, -0.2) is 0 Å². The minimum Gasteiger partial charge on any atom is -0.355 e. The van der Waals surface area contributed by atoms with E-state index in [0.29, 0.717) is 29.8 Å². The summed E-state index contributed by atoms with van der Waals surface area (Å²) in [5.74, 6) is 1.39. The van der Waals surface area contributed by atoms with Crippen LogP contribution in [0.25, 0.3) is 11.3 Å². The summed E-state index contributed by atoms with van der Waals surface area (Å²) in [4.78, 5) is 14.7. The molecule has 0 spiro atoms. The summed E-state index contributed by atoms with van der Waals surface area (Å²) in [5, 5.41) is 5.09. The number of halogens is 1. The normalized spacial score (nSPS) is 17.5. The van der Waals surface area contributed by atoms with Crippen molar-refractivity contribution in [3.63, 3.8) is 0 Å². The first-order valence-corrected chi connectivity index (χ1v) is 10.3. The Bertz CT molecular complexity index is 929. The second kappa shape index (κ2) is 8.19. The maximum Gasteiger partial charge on any atom is 0.276 e. The van der Waals surface area contributed by atoms with Crippen molar-refractivity contribution < 1.29 is 9.32 Å². The van der Waals surface area contributed by atoms with E-state index in [1.54, 1.807) is 6.07 Å². The molecule has 1 unspecified atom stereocenters. The van der Waals surface area contributed by atoms with Crippen molar-refractivity contribution in [3.8, 4) is 11.3 Å². The molecule has 1 fully saturated rings. The van der Waals surface area contributed by atoms with Crippen molar-refractivity contribution in [3.05, 3.63) is 76.9 Å². The number of carbonyl (C=O) groups excluding carboxylic acids is 1. The van der Waals surface area contributed by atoms with Crippen LogP contribution in [-0.2, 0) is 0 Å². The van der Waals surface area contributed by atoms with Gasteiger partial charge in [0.05, 0.1) is 0 Å². The summed E-state index contributed by atoms with van der Waals surface area (Å²) in [6, 6.07) is 19.3. The Kier molecular flexibility index (Phi) is 5.50. The van der Waals surface area contributed by atoms with Gasteiger partial charge in [0.15, 0.2) is 11.5 Å². The van der Waals surface area contributed by atoms with Crippen LogP contribution in [-0.4, -0.2) is 34.8 Å². The number of hydrogen-bond donors (Lipinski definition) is 0. The van der Waals surface area contributed by atoms with Crippen molar-refractivity contribution in [2.45, 2.75) is 11.7 Å². The zero-order chi connectivity index (χ0) is 18.6. The van der Waals surface area contributed by atoms with Crippen molar-refractivity contribution in [1.82, 2.24) is 10.1 Å². The van der Waals surface area contributed by atoms with Crippen molar-refractivity contribution in [2.24, 2.45) is 0 Å². The van der Waals surface area contributed by atoms with Crippen LogP contribution in [0.3, 0.4) is 0 Å². The lowest BCUT2D eigenvalue weighted by Gasteiger charge is -2.19. The number of nitrogens with zero attached hydrogens (tertiary/aromatic N) is 2. The molecule has 2 aromatic carbocycles. The van der Waals surface area contributed by atoms with Crippen molar-refractivity contribution in [2.75, 3.05) is 18.8 Å². The van der Waals surface area contributed by atoms with Gasteiger partial charge in [0, 0.05) is 40.7 Å². The minimum absolute atomic E-state index is 0.0821. The van der Waals surface area contributed by atoms with Crippen LogP contribution in [0.5, 0.6) is 0 Å². The molecule has 1 aliphatic heterocycles. The molecule has 4 rings (SSSR count). The van der Waals surface area contributed by atoms with Crippen molar-refractivity contribution >= 4 is 29.3 Å². The molecule has 0 saturated carbocycles. The molecule has 1 aliphatic rings. The van der Waals surface area contributed by atoms with Crippen LogP contribution in [0.1, 0.15) is 27.7 Å². The molecule has 2 heterocycles. The maximum absolute atomic E-state index is 12.9. The van der Waals surface area contributed by atoms with E-state index in [2.05, 4.69) is 11.2 Å². The summed E-state index contributed by atoms with van der Waals surface area (Å²) in [7, 11) is 0. The topological polar surface area (TPSA) is 46.3 Å². The Morgan fingerprint density at radius 2 is 1.89 bits per heavy atom. The van der Waals surface area contributed by atoms with E-state index in [4.69, 9.17) is 16.1 Å². The highest BCUT2D eigenvalue weighted by Gasteiger charge is 2.25. The van der Waals surface area contributed by atoms with Gasteiger partial charge in [-0.2, -0.15) is 11.8 Å². The van der Waals surface area contributed by atoms with E-state index in [-0.39, 0.29) is 5.91 Å². The average molecular weight is 399 g/mol. The van der Waals surface area contributed by atoms with Gasteiger partial charge in [0.2, 0.25) is 0 Å². The van der Waals surface area contributed by atoms with Gasteiger partial charge in [-0.3, -0.25) is 4.79 Å². The molecule has 0 aliphatic carbocycles. The molecule has 6 heteroatoms. The summed E-state index contributed by atoms with van der Waals surface area (Å²) in [6.45, 7) is 1.37. The smallest absolute Gasteiger partial charge is 0.276 e. The van der Waals surface area contributed by atoms with Crippen LogP contribution < -0.4 is 0 Å². The fourth-order valence-electron chi connectivity index (χ4n) is 3.23. The van der Waals surface area contributed by atoms with E-state index in [1.807, 2.05) is 65.2 Å².